The lowest BCUT2D eigenvalue weighted by molar-refractivity contribution is 0.112. The maximum atomic E-state index is 11.0. The highest BCUT2D eigenvalue weighted by atomic mass is 16.5. The van der Waals surface area contributed by atoms with Crippen LogP contribution in [0.4, 0.5) is 0 Å². The normalized spacial score (nSPS) is 10.8. The van der Waals surface area contributed by atoms with Gasteiger partial charge in [0.15, 0.2) is 6.29 Å². The third kappa shape index (κ3) is 1.73. The quantitative estimate of drug-likeness (QED) is 0.674. The zero-order chi connectivity index (χ0) is 13.4. The van der Waals surface area contributed by atoms with E-state index in [0.29, 0.717) is 16.9 Å². The number of aldehydes is 1. The monoisotopic (exact) mass is 256 g/mol. The summed E-state index contributed by atoms with van der Waals surface area (Å²) in [5, 5.41) is 1.83. The molecule has 0 bridgehead atoms. The van der Waals surface area contributed by atoms with Crippen molar-refractivity contribution < 1.29 is 18.7 Å². The van der Waals surface area contributed by atoms with Crippen LogP contribution < -0.4 is 9.47 Å². The Morgan fingerprint density at radius 1 is 1.00 bits per heavy atom. The summed E-state index contributed by atoms with van der Waals surface area (Å²) in [6.07, 6.45) is 0.756. The summed E-state index contributed by atoms with van der Waals surface area (Å²) in [5.41, 5.74) is 1.88. The van der Waals surface area contributed by atoms with Crippen molar-refractivity contribution in [1.29, 1.82) is 0 Å². The van der Waals surface area contributed by atoms with E-state index >= 15 is 0 Å². The lowest BCUT2D eigenvalue weighted by Crippen LogP contribution is -1.89. The molecule has 0 unspecified atom stereocenters. The Labute approximate surface area is 109 Å². The van der Waals surface area contributed by atoms with E-state index in [4.69, 9.17) is 13.9 Å². The first-order valence-electron chi connectivity index (χ1n) is 5.80. The van der Waals surface area contributed by atoms with E-state index in [0.717, 1.165) is 28.4 Å². The Bertz CT molecular complexity index is 771. The minimum atomic E-state index is 0.473. The fourth-order valence-corrected chi connectivity index (χ4v) is 2.19. The van der Waals surface area contributed by atoms with Gasteiger partial charge in [-0.3, -0.25) is 4.79 Å². The van der Waals surface area contributed by atoms with Crippen molar-refractivity contribution in [3.8, 4) is 11.5 Å². The summed E-state index contributed by atoms with van der Waals surface area (Å²) >= 11 is 0. The number of ether oxygens (including phenoxy) is 2. The van der Waals surface area contributed by atoms with Crippen molar-refractivity contribution >= 4 is 28.2 Å². The Morgan fingerprint density at radius 3 is 2.47 bits per heavy atom. The highest BCUT2D eigenvalue weighted by Gasteiger charge is 2.12. The molecule has 0 aliphatic rings. The van der Waals surface area contributed by atoms with Crippen LogP contribution in [0.3, 0.4) is 0 Å². The molecule has 3 rings (SSSR count). The van der Waals surface area contributed by atoms with Crippen molar-refractivity contribution in [2.24, 2.45) is 0 Å². The van der Waals surface area contributed by atoms with Gasteiger partial charge in [-0.2, -0.15) is 0 Å². The second kappa shape index (κ2) is 4.31. The van der Waals surface area contributed by atoms with Gasteiger partial charge in [0.25, 0.3) is 0 Å². The molecule has 0 aliphatic heterocycles. The molecule has 19 heavy (non-hydrogen) atoms. The first kappa shape index (κ1) is 11.6. The Kier molecular flexibility index (Phi) is 2.63. The molecule has 1 heterocycles. The van der Waals surface area contributed by atoms with E-state index < -0.39 is 0 Å². The van der Waals surface area contributed by atoms with Crippen molar-refractivity contribution in [2.45, 2.75) is 0 Å². The summed E-state index contributed by atoms with van der Waals surface area (Å²) in [5.74, 6) is 1.29. The number of carbonyl (C=O) groups is 1. The fourth-order valence-electron chi connectivity index (χ4n) is 2.19. The molecule has 1 aromatic heterocycles. The summed E-state index contributed by atoms with van der Waals surface area (Å²) in [6.45, 7) is 0. The minimum Gasteiger partial charge on any atom is -0.497 e. The second-order valence-corrected chi connectivity index (χ2v) is 4.17. The molecule has 96 valence electrons. The lowest BCUT2D eigenvalue weighted by atomic mass is 10.1. The van der Waals surface area contributed by atoms with Crippen LogP contribution in [0.15, 0.2) is 34.7 Å². The van der Waals surface area contributed by atoms with Gasteiger partial charge in [-0.15, -0.1) is 0 Å². The van der Waals surface area contributed by atoms with E-state index in [2.05, 4.69) is 0 Å². The molecule has 0 saturated carbocycles. The standard InChI is InChI=1S/C15H12O4/c1-17-10-3-4-13-11(6-10)12-7-14(18-2)9(8-16)5-15(12)19-13/h3-8H,1-2H3. The Hall–Kier alpha value is -2.49. The first-order chi connectivity index (χ1) is 9.26. The molecule has 0 N–H and O–H groups in total. The van der Waals surface area contributed by atoms with E-state index in [-0.39, 0.29) is 0 Å². The fraction of sp³-hybridized carbons (Fsp3) is 0.133. The van der Waals surface area contributed by atoms with Gasteiger partial charge in [0.2, 0.25) is 0 Å². The van der Waals surface area contributed by atoms with Gasteiger partial charge in [-0.25, -0.2) is 0 Å². The Morgan fingerprint density at radius 2 is 1.79 bits per heavy atom. The molecular weight excluding hydrogens is 244 g/mol. The van der Waals surface area contributed by atoms with Crippen LogP contribution >= 0.6 is 0 Å². The average Bonchev–Trinajstić information content (AvgIpc) is 2.82. The second-order valence-electron chi connectivity index (χ2n) is 4.17. The number of rotatable bonds is 3. The molecule has 0 fully saturated rings. The molecule has 0 amide bonds. The van der Waals surface area contributed by atoms with Gasteiger partial charge in [-0.1, -0.05) is 0 Å². The average molecular weight is 256 g/mol. The number of hydrogen-bond acceptors (Lipinski definition) is 4. The smallest absolute Gasteiger partial charge is 0.153 e. The van der Waals surface area contributed by atoms with E-state index in [9.17, 15) is 4.79 Å². The number of carbonyl (C=O) groups excluding carboxylic acids is 1. The topological polar surface area (TPSA) is 48.7 Å². The maximum absolute atomic E-state index is 11.0. The van der Waals surface area contributed by atoms with Gasteiger partial charge in [0.05, 0.1) is 19.8 Å². The molecule has 0 spiro atoms. The third-order valence-electron chi connectivity index (χ3n) is 3.16. The predicted octanol–water partition coefficient (Wildman–Crippen LogP) is 3.42. The SMILES string of the molecule is COc1ccc2oc3cc(C=O)c(OC)cc3c2c1. The van der Waals surface area contributed by atoms with Gasteiger partial charge in [0, 0.05) is 10.8 Å². The lowest BCUT2D eigenvalue weighted by Gasteiger charge is -2.02. The van der Waals surface area contributed by atoms with Crippen LogP contribution in [0.25, 0.3) is 21.9 Å². The van der Waals surface area contributed by atoms with E-state index in [1.165, 1.54) is 7.11 Å². The van der Waals surface area contributed by atoms with E-state index in [1.807, 2.05) is 24.3 Å². The molecule has 0 aliphatic carbocycles. The molecule has 4 nitrogen and oxygen atoms in total. The van der Waals surface area contributed by atoms with Gasteiger partial charge >= 0.3 is 0 Å². The molecule has 2 aromatic carbocycles. The van der Waals surface area contributed by atoms with Crippen LogP contribution in [0.2, 0.25) is 0 Å². The molecule has 0 saturated heterocycles. The number of benzene rings is 2. The van der Waals surface area contributed by atoms with Crippen LogP contribution in [0, 0.1) is 0 Å². The summed E-state index contributed by atoms with van der Waals surface area (Å²) in [6, 6.07) is 9.09. The summed E-state index contributed by atoms with van der Waals surface area (Å²) < 4.78 is 16.2. The van der Waals surface area contributed by atoms with Gasteiger partial charge in [0.1, 0.15) is 22.7 Å². The van der Waals surface area contributed by atoms with Crippen molar-refractivity contribution in [3.63, 3.8) is 0 Å². The predicted molar refractivity (Wildman–Crippen MR) is 72.2 cm³/mol. The van der Waals surface area contributed by atoms with Gasteiger partial charge in [-0.05, 0) is 30.3 Å². The first-order valence-corrected chi connectivity index (χ1v) is 5.80. The van der Waals surface area contributed by atoms with Crippen LogP contribution in [0.1, 0.15) is 10.4 Å². The van der Waals surface area contributed by atoms with Crippen molar-refractivity contribution in [3.05, 3.63) is 35.9 Å². The number of hydrogen-bond donors (Lipinski definition) is 0. The highest BCUT2D eigenvalue weighted by Crippen LogP contribution is 2.34. The Balaban J connectivity index is 2.39. The number of fused-ring (bicyclic) bond motifs is 3. The third-order valence-corrected chi connectivity index (χ3v) is 3.16. The van der Waals surface area contributed by atoms with E-state index in [1.54, 1.807) is 13.2 Å². The maximum Gasteiger partial charge on any atom is 0.153 e. The molecule has 0 atom stereocenters. The van der Waals surface area contributed by atoms with Crippen LogP contribution in [-0.4, -0.2) is 20.5 Å². The summed E-state index contributed by atoms with van der Waals surface area (Å²) in [7, 11) is 3.16. The highest BCUT2D eigenvalue weighted by molar-refractivity contribution is 6.07. The van der Waals surface area contributed by atoms with Crippen LogP contribution in [0.5, 0.6) is 11.5 Å². The molecule has 4 heteroatoms. The zero-order valence-corrected chi connectivity index (χ0v) is 10.6. The number of furan rings is 1. The van der Waals surface area contributed by atoms with Gasteiger partial charge < -0.3 is 13.9 Å². The molecule has 0 radical (unpaired) electrons. The molecule has 3 aromatic rings. The summed E-state index contributed by atoms with van der Waals surface area (Å²) in [4.78, 5) is 11.0. The minimum absolute atomic E-state index is 0.473. The van der Waals surface area contributed by atoms with Crippen molar-refractivity contribution in [2.75, 3.05) is 14.2 Å². The van der Waals surface area contributed by atoms with Crippen molar-refractivity contribution in [1.82, 2.24) is 0 Å². The number of methoxy groups -OCH3 is 2. The zero-order valence-electron chi connectivity index (χ0n) is 10.6. The molecular formula is C15H12O4. The largest absolute Gasteiger partial charge is 0.497 e. The van der Waals surface area contributed by atoms with Crippen LogP contribution in [-0.2, 0) is 0 Å².